The van der Waals surface area contributed by atoms with Gasteiger partial charge in [0.2, 0.25) is 0 Å². The minimum atomic E-state index is -0.537. The Balaban J connectivity index is 0.00000169. The minimum absolute atomic E-state index is 0. The van der Waals surface area contributed by atoms with Gasteiger partial charge in [-0.1, -0.05) is 0 Å². The van der Waals surface area contributed by atoms with E-state index in [0.29, 0.717) is 17.2 Å². The number of ether oxygens (including phenoxy) is 2. The zero-order chi connectivity index (χ0) is 16.0. The summed E-state index contributed by atoms with van der Waals surface area (Å²) in [6, 6.07) is 5.56. The van der Waals surface area contributed by atoms with E-state index >= 15 is 0 Å². The molecule has 3 heterocycles. The molecule has 1 N–H and O–H groups in total. The first-order valence-electron chi connectivity index (χ1n) is 7.07. The molecule has 24 heavy (non-hydrogen) atoms. The first-order valence-corrected chi connectivity index (χ1v) is 7.88. The Morgan fingerprint density at radius 1 is 1.33 bits per heavy atom. The summed E-state index contributed by atoms with van der Waals surface area (Å²) >= 11 is 1.50. The van der Waals surface area contributed by atoms with Crippen molar-refractivity contribution in [1.82, 2.24) is 9.97 Å². The van der Waals surface area contributed by atoms with Crippen molar-refractivity contribution in [3.8, 4) is 22.1 Å². The fraction of sp³-hybridized carbons (Fsp3) is 0.188. The lowest BCUT2D eigenvalue weighted by Crippen LogP contribution is -2.34. The number of carbonyl (C=O) groups excluding carboxylic acids is 1. The second-order valence-electron chi connectivity index (χ2n) is 5.14. The van der Waals surface area contributed by atoms with Gasteiger partial charge in [0, 0.05) is 24.0 Å². The molecule has 8 heteroatoms. The number of benzene rings is 1. The molecule has 2 aromatic heterocycles. The zero-order valence-electron chi connectivity index (χ0n) is 12.9. The SMILES string of the molecule is Br.COc1cc2c(c3sc(-c4ccncc4)nc13)OC(C)C(=O)N2. The Labute approximate surface area is 152 Å². The molecule has 0 radical (unpaired) electrons. The number of fused-ring (bicyclic) bond motifs is 3. The summed E-state index contributed by atoms with van der Waals surface area (Å²) in [5, 5.41) is 3.70. The maximum atomic E-state index is 11.8. The number of nitrogens with one attached hydrogen (secondary N) is 1. The van der Waals surface area contributed by atoms with Gasteiger partial charge in [0.25, 0.3) is 5.91 Å². The molecule has 1 aromatic carbocycles. The third-order valence-electron chi connectivity index (χ3n) is 3.66. The van der Waals surface area contributed by atoms with Gasteiger partial charge in [-0.3, -0.25) is 9.78 Å². The molecule has 1 atom stereocenters. The van der Waals surface area contributed by atoms with Gasteiger partial charge >= 0.3 is 0 Å². The molecule has 124 valence electrons. The average molecular weight is 408 g/mol. The van der Waals surface area contributed by atoms with Gasteiger partial charge in [0.1, 0.15) is 21.0 Å². The lowest BCUT2D eigenvalue weighted by atomic mass is 10.2. The number of thiazole rings is 1. The van der Waals surface area contributed by atoms with Crippen LogP contribution < -0.4 is 14.8 Å². The van der Waals surface area contributed by atoms with E-state index in [2.05, 4.69) is 15.3 Å². The van der Waals surface area contributed by atoms with Crippen molar-refractivity contribution in [2.45, 2.75) is 13.0 Å². The predicted molar refractivity (Wildman–Crippen MR) is 98.4 cm³/mol. The summed E-state index contributed by atoms with van der Waals surface area (Å²) in [6.45, 7) is 1.72. The molecule has 0 bridgehead atoms. The standard InChI is InChI=1S/C16H13N3O3S.BrH/c1-8-15(20)18-10-7-11(21-2)12-14(13(10)22-8)23-16(19-12)9-3-5-17-6-4-9;/h3-8H,1-2H3,(H,18,20);1H. The van der Waals surface area contributed by atoms with Gasteiger partial charge in [-0.2, -0.15) is 0 Å². The summed E-state index contributed by atoms with van der Waals surface area (Å²) in [7, 11) is 1.58. The number of hydrogen-bond donors (Lipinski definition) is 1. The van der Waals surface area contributed by atoms with Crippen LogP contribution in [0.4, 0.5) is 5.69 Å². The molecular formula is C16H14BrN3O3S. The highest BCUT2D eigenvalue weighted by Gasteiger charge is 2.28. The fourth-order valence-corrected chi connectivity index (χ4v) is 3.55. The second kappa shape index (κ2) is 6.37. The third kappa shape index (κ3) is 2.61. The van der Waals surface area contributed by atoms with Crippen molar-refractivity contribution in [1.29, 1.82) is 0 Å². The van der Waals surface area contributed by atoms with E-state index in [0.717, 1.165) is 20.8 Å². The predicted octanol–water partition coefficient (Wildman–Crippen LogP) is 3.66. The largest absolute Gasteiger partial charge is 0.494 e. The Morgan fingerprint density at radius 3 is 2.79 bits per heavy atom. The van der Waals surface area contributed by atoms with Crippen LogP contribution >= 0.6 is 28.3 Å². The van der Waals surface area contributed by atoms with Crippen molar-refractivity contribution in [3.05, 3.63) is 30.6 Å². The topological polar surface area (TPSA) is 73.3 Å². The van der Waals surface area contributed by atoms with E-state index in [-0.39, 0.29) is 22.9 Å². The molecule has 1 unspecified atom stereocenters. The second-order valence-corrected chi connectivity index (χ2v) is 6.14. The van der Waals surface area contributed by atoms with Gasteiger partial charge < -0.3 is 14.8 Å². The van der Waals surface area contributed by atoms with Gasteiger partial charge in [-0.25, -0.2) is 4.98 Å². The maximum Gasteiger partial charge on any atom is 0.265 e. The molecule has 1 aliphatic heterocycles. The Bertz CT molecular complexity index is 914. The van der Waals surface area contributed by atoms with Crippen molar-refractivity contribution in [3.63, 3.8) is 0 Å². The highest BCUT2D eigenvalue weighted by Crippen LogP contribution is 2.46. The van der Waals surface area contributed by atoms with E-state index in [1.807, 2.05) is 12.1 Å². The van der Waals surface area contributed by atoms with Crippen molar-refractivity contribution in [2.75, 3.05) is 12.4 Å². The van der Waals surface area contributed by atoms with Crippen molar-refractivity contribution >= 4 is 50.1 Å². The summed E-state index contributed by atoms with van der Waals surface area (Å²) in [5.41, 5.74) is 2.32. The average Bonchev–Trinajstić information content (AvgIpc) is 3.02. The number of halogens is 1. The number of hydrogen-bond acceptors (Lipinski definition) is 6. The highest BCUT2D eigenvalue weighted by molar-refractivity contribution is 8.93. The zero-order valence-corrected chi connectivity index (χ0v) is 15.4. The number of carbonyl (C=O) groups is 1. The molecule has 0 fully saturated rings. The number of rotatable bonds is 2. The van der Waals surface area contributed by atoms with E-state index in [1.165, 1.54) is 11.3 Å². The van der Waals surface area contributed by atoms with Crippen LogP contribution in [0, 0.1) is 0 Å². The third-order valence-corrected chi connectivity index (χ3v) is 4.76. The monoisotopic (exact) mass is 407 g/mol. The number of aromatic nitrogens is 2. The number of anilines is 1. The van der Waals surface area contributed by atoms with Crippen LogP contribution in [0.15, 0.2) is 30.6 Å². The lowest BCUT2D eigenvalue weighted by molar-refractivity contribution is -0.122. The van der Waals surface area contributed by atoms with E-state index in [1.54, 1.807) is 32.5 Å². The number of methoxy groups -OCH3 is 1. The number of nitrogens with zero attached hydrogens (tertiary/aromatic N) is 2. The van der Waals surface area contributed by atoms with Gasteiger partial charge in [-0.05, 0) is 19.1 Å². The molecule has 0 spiro atoms. The molecule has 0 aliphatic carbocycles. The van der Waals surface area contributed by atoms with E-state index < -0.39 is 6.10 Å². The number of pyridine rings is 1. The summed E-state index contributed by atoms with van der Waals surface area (Å²) in [5.74, 6) is 1.08. The fourth-order valence-electron chi connectivity index (χ4n) is 2.48. The highest BCUT2D eigenvalue weighted by atomic mass is 79.9. The molecule has 3 aromatic rings. The minimum Gasteiger partial charge on any atom is -0.494 e. The van der Waals surface area contributed by atoms with E-state index in [4.69, 9.17) is 9.47 Å². The normalized spacial score (nSPS) is 15.9. The summed E-state index contributed by atoms with van der Waals surface area (Å²) in [4.78, 5) is 20.5. The molecule has 6 nitrogen and oxygen atoms in total. The summed E-state index contributed by atoms with van der Waals surface area (Å²) < 4.78 is 12.1. The molecule has 0 saturated heterocycles. The molecule has 1 amide bonds. The number of amides is 1. The van der Waals surface area contributed by atoms with Crippen molar-refractivity contribution < 1.29 is 14.3 Å². The van der Waals surface area contributed by atoms with Crippen LogP contribution in [0.25, 0.3) is 20.8 Å². The smallest absolute Gasteiger partial charge is 0.265 e. The first kappa shape index (κ1) is 16.7. The first-order chi connectivity index (χ1) is 11.2. The van der Waals surface area contributed by atoms with Gasteiger partial charge in [0.15, 0.2) is 11.9 Å². The molecule has 1 aliphatic rings. The Kier molecular flexibility index (Phi) is 4.42. The van der Waals surface area contributed by atoms with Crippen LogP contribution in [0.3, 0.4) is 0 Å². The maximum absolute atomic E-state index is 11.8. The van der Waals surface area contributed by atoms with Crippen LogP contribution in [0.1, 0.15) is 6.92 Å². The molecule has 4 rings (SSSR count). The molecule has 0 saturated carbocycles. The van der Waals surface area contributed by atoms with Crippen LogP contribution in [-0.4, -0.2) is 29.1 Å². The lowest BCUT2D eigenvalue weighted by Gasteiger charge is -2.24. The van der Waals surface area contributed by atoms with Gasteiger partial charge in [0.05, 0.1) is 12.8 Å². The summed E-state index contributed by atoms with van der Waals surface area (Å²) in [6.07, 6.45) is 2.92. The van der Waals surface area contributed by atoms with Crippen LogP contribution in [-0.2, 0) is 4.79 Å². The van der Waals surface area contributed by atoms with E-state index in [9.17, 15) is 4.79 Å². The Hall–Kier alpha value is -2.19. The van der Waals surface area contributed by atoms with Crippen LogP contribution in [0.5, 0.6) is 11.5 Å². The van der Waals surface area contributed by atoms with Crippen LogP contribution in [0.2, 0.25) is 0 Å². The molecular weight excluding hydrogens is 394 g/mol. The quantitative estimate of drug-likeness (QED) is 0.701. The Morgan fingerprint density at radius 2 is 2.08 bits per heavy atom. The van der Waals surface area contributed by atoms with Gasteiger partial charge in [-0.15, -0.1) is 28.3 Å². The van der Waals surface area contributed by atoms with Crippen molar-refractivity contribution in [2.24, 2.45) is 0 Å².